The van der Waals surface area contributed by atoms with Crippen molar-refractivity contribution in [2.45, 2.75) is 25.0 Å². The van der Waals surface area contributed by atoms with Crippen LogP contribution in [0.25, 0.3) is 0 Å². The maximum atomic E-state index is 13.5. The molecule has 0 amide bonds. The molecule has 164 valence electrons. The molecule has 1 N–H and O–H groups in total. The number of nitrogens with zero attached hydrogens (tertiary/aromatic N) is 3. The van der Waals surface area contributed by atoms with Crippen LogP contribution in [-0.2, 0) is 9.84 Å². The van der Waals surface area contributed by atoms with Gasteiger partial charge >= 0.3 is 0 Å². The maximum Gasteiger partial charge on any atom is 0.193 e. The molecule has 2 saturated heterocycles. The van der Waals surface area contributed by atoms with Crippen LogP contribution in [0.1, 0.15) is 20.3 Å². The third-order valence-electron chi connectivity index (χ3n) is 5.66. The molecule has 0 spiro atoms. The molecule has 2 aliphatic heterocycles. The van der Waals surface area contributed by atoms with Crippen LogP contribution in [0.4, 0.5) is 14.5 Å². The largest absolute Gasteiger partial charge is 0.371 e. The highest BCUT2D eigenvalue weighted by Gasteiger charge is 2.41. The highest BCUT2D eigenvalue weighted by molar-refractivity contribution is 14.0. The Morgan fingerprint density at radius 3 is 2.62 bits per heavy atom. The van der Waals surface area contributed by atoms with Crippen LogP contribution in [0.15, 0.2) is 23.2 Å². The van der Waals surface area contributed by atoms with Gasteiger partial charge in [-0.3, -0.25) is 4.99 Å². The second-order valence-electron chi connectivity index (χ2n) is 8.13. The van der Waals surface area contributed by atoms with Crippen LogP contribution in [0.3, 0.4) is 0 Å². The third-order valence-corrected chi connectivity index (χ3v) is 8.19. The Morgan fingerprint density at radius 2 is 2.00 bits per heavy atom. The van der Waals surface area contributed by atoms with E-state index >= 15 is 0 Å². The lowest BCUT2D eigenvalue weighted by atomic mass is 10.1. The van der Waals surface area contributed by atoms with E-state index < -0.39 is 26.2 Å². The lowest BCUT2D eigenvalue weighted by Crippen LogP contribution is -2.57. The lowest BCUT2D eigenvalue weighted by Gasteiger charge is -2.39. The number of hydrogen-bond donors (Lipinski definition) is 1. The summed E-state index contributed by atoms with van der Waals surface area (Å²) >= 11 is 0. The van der Waals surface area contributed by atoms with E-state index in [1.165, 1.54) is 6.07 Å². The van der Waals surface area contributed by atoms with Crippen LogP contribution in [0, 0.1) is 17.6 Å². The quantitative estimate of drug-likeness (QED) is 0.362. The van der Waals surface area contributed by atoms with Crippen LogP contribution in [0.5, 0.6) is 0 Å². The number of sulfone groups is 1. The Labute approximate surface area is 188 Å². The second-order valence-corrected chi connectivity index (χ2v) is 10.9. The Hall–Kier alpha value is -1.17. The Bertz CT molecular complexity index is 864. The van der Waals surface area contributed by atoms with Gasteiger partial charge in [0.25, 0.3) is 0 Å². The third kappa shape index (κ3) is 5.31. The number of hydrogen-bond acceptors (Lipinski definition) is 4. The Balaban J connectivity index is 0.00000300. The first-order chi connectivity index (χ1) is 13.1. The van der Waals surface area contributed by atoms with Gasteiger partial charge in [0.2, 0.25) is 0 Å². The van der Waals surface area contributed by atoms with Gasteiger partial charge in [-0.1, -0.05) is 0 Å². The van der Waals surface area contributed by atoms with Crippen molar-refractivity contribution in [2.75, 3.05) is 50.4 Å². The van der Waals surface area contributed by atoms with Crippen molar-refractivity contribution in [3.8, 4) is 0 Å². The predicted molar refractivity (Wildman–Crippen MR) is 123 cm³/mol. The van der Waals surface area contributed by atoms with Gasteiger partial charge in [-0.05, 0) is 38.3 Å². The lowest BCUT2D eigenvalue weighted by molar-refractivity contribution is 0.351. The standard InChI is InChI=1S/C19H28F2N4O2S.HI/c1-19(2)13-25(8-9-28(19,26)27)18(22-3)23-11-14-6-7-24(12-14)15-4-5-16(20)17(21)10-15;/h4-5,10,14H,6-9,11-13H2,1-3H3,(H,22,23);1H. The van der Waals surface area contributed by atoms with E-state index in [0.717, 1.165) is 25.6 Å². The first-order valence-corrected chi connectivity index (χ1v) is 11.2. The van der Waals surface area contributed by atoms with Crippen molar-refractivity contribution in [2.24, 2.45) is 10.9 Å². The molecule has 6 nitrogen and oxygen atoms in total. The average molecular weight is 542 g/mol. The molecule has 2 aliphatic rings. The summed E-state index contributed by atoms with van der Waals surface area (Å²) in [4.78, 5) is 8.36. The fourth-order valence-electron chi connectivity index (χ4n) is 3.81. The molecule has 0 radical (unpaired) electrons. The monoisotopic (exact) mass is 542 g/mol. The molecule has 0 aliphatic carbocycles. The number of aliphatic imine (C=N–C) groups is 1. The first kappa shape index (κ1) is 24.1. The van der Waals surface area contributed by atoms with Crippen molar-refractivity contribution in [3.63, 3.8) is 0 Å². The fourth-order valence-corrected chi connectivity index (χ4v) is 5.17. The molecule has 29 heavy (non-hydrogen) atoms. The molecule has 2 heterocycles. The van der Waals surface area contributed by atoms with Gasteiger partial charge in [0.1, 0.15) is 0 Å². The number of halogens is 3. The SMILES string of the molecule is CN=C(NCC1CCN(c2ccc(F)c(F)c2)C1)N1CCS(=O)(=O)C(C)(C)C1.I. The molecule has 1 aromatic carbocycles. The van der Waals surface area contributed by atoms with Gasteiger partial charge in [0.15, 0.2) is 27.4 Å². The van der Waals surface area contributed by atoms with E-state index in [-0.39, 0.29) is 29.7 Å². The molecule has 1 aromatic rings. The van der Waals surface area contributed by atoms with Crippen LogP contribution in [0.2, 0.25) is 0 Å². The van der Waals surface area contributed by atoms with Crippen molar-refractivity contribution < 1.29 is 17.2 Å². The summed E-state index contributed by atoms with van der Waals surface area (Å²) < 4.78 is 50.2. The zero-order valence-electron chi connectivity index (χ0n) is 17.0. The Kier molecular flexibility index (Phi) is 7.74. The first-order valence-electron chi connectivity index (χ1n) is 9.51. The van der Waals surface area contributed by atoms with E-state index in [4.69, 9.17) is 0 Å². The highest BCUT2D eigenvalue weighted by Crippen LogP contribution is 2.26. The maximum absolute atomic E-state index is 13.5. The van der Waals surface area contributed by atoms with Gasteiger partial charge < -0.3 is 15.1 Å². The number of rotatable bonds is 3. The van der Waals surface area contributed by atoms with Crippen LogP contribution >= 0.6 is 24.0 Å². The van der Waals surface area contributed by atoms with E-state index in [1.54, 1.807) is 27.0 Å². The van der Waals surface area contributed by atoms with Gasteiger partial charge in [-0.2, -0.15) is 0 Å². The average Bonchev–Trinajstić information content (AvgIpc) is 3.10. The van der Waals surface area contributed by atoms with E-state index in [2.05, 4.69) is 10.3 Å². The number of nitrogens with one attached hydrogen (secondary N) is 1. The van der Waals surface area contributed by atoms with Gasteiger partial charge in [0, 0.05) is 51.5 Å². The number of anilines is 1. The molecule has 10 heteroatoms. The highest BCUT2D eigenvalue weighted by atomic mass is 127. The smallest absolute Gasteiger partial charge is 0.193 e. The summed E-state index contributed by atoms with van der Waals surface area (Å²) in [7, 11) is -1.40. The van der Waals surface area contributed by atoms with E-state index in [0.29, 0.717) is 37.2 Å². The van der Waals surface area contributed by atoms with E-state index in [1.807, 2.05) is 9.80 Å². The minimum atomic E-state index is -3.10. The predicted octanol–water partition coefficient (Wildman–Crippen LogP) is 2.49. The molecular formula is C19H29F2IN4O2S. The summed E-state index contributed by atoms with van der Waals surface area (Å²) in [5.41, 5.74) is 0.689. The zero-order chi connectivity index (χ0) is 20.5. The minimum absolute atomic E-state index is 0. The molecule has 3 rings (SSSR count). The minimum Gasteiger partial charge on any atom is -0.371 e. The summed E-state index contributed by atoms with van der Waals surface area (Å²) in [5, 5.41) is 3.36. The molecule has 0 aromatic heterocycles. The van der Waals surface area contributed by atoms with Crippen molar-refractivity contribution >= 4 is 45.5 Å². The van der Waals surface area contributed by atoms with Crippen LogP contribution in [-0.4, -0.2) is 69.5 Å². The van der Waals surface area contributed by atoms with Crippen molar-refractivity contribution in [1.82, 2.24) is 10.2 Å². The molecule has 0 bridgehead atoms. The summed E-state index contributed by atoms with van der Waals surface area (Å²) in [6.45, 7) is 6.55. The number of guanidine groups is 1. The van der Waals surface area contributed by atoms with Crippen LogP contribution < -0.4 is 10.2 Å². The topological polar surface area (TPSA) is 65.0 Å². The van der Waals surface area contributed by atoms with Gasteiger partial charge in [-0.15, -0.1) is 24.0 Å². The van der Waals surface area contributed by atoms with Gasteiger partial charge in [-0.25, -0.2) is 17.2 Å². The van der Waals surface area contributed by atoms with E-state index in [9.17, 15) is 17.2 Å². The fraction of sp³-hybridized carbons (Fsp3) is 0.632. The molecule has 1 atom stereocenters. The summed E-state index contributed by atoms with van der Waals surface area (Å²) in [6.07, 6.45) is 0.933. The second kappa shape index (κ2) is 9.32. The summed E-state index contributed by atoms with van der Waals surface area (Å²) in [5.74, 6) is -0.507. The molecule has 1 unspecified atom stereocenters. The molecule has 2 fully saturated rings. The molecular weight excluding hydrogens is 513 g/mol. The summed E-state index contributed by atoms with van der Waals surface area (Å²) in [6, 6.07) is 3.99. The van der Waals surface area contributed by atoms with Gasteiger partial charge in [0.05, 0.1) is 10.5 Å². The Morgan fingerprint density at radius 1 is 1.28 bits per heavy atom. The zero-order valence-corrected chi connectivity index (χ0v) is 20.1. The molecule has 0 saturated carbocycles. The van der Waals surface area contributed by atoms with Crippen molar-refractivity contribution in [3.05, 3.63) is 29.8 Å². The normalized spacial score (nSPS) is 23.6. The number of benzene rings is 1. The van der Waals surface area contributed by atoms with Crippen molar-refractivity contribution in [1.29, 1.82) is 0 Å².